The van der Waals surface area contributed by atoms with E-state index in [1.54, 1.807) is 30.3 Å². The van der Waals surface area contributed by atoms with E-state index in [4.69, 9.17) is 9.47 Å². The number of carbonyl (C=O) groups is 1. The largest absolute Gasteiger partial charge is 0.493 e. The highest BCUT2D eigenvalue weighted by Gasteiger charge is 2.28. The molecule has 0 fully saturated rings. The van der Waals surface area contributed by atoms with Crippen LogP contribution in [0.1, 0.15) is 5.56 Å². The average Bonchev–Trinajstić information content (AvgIpc) is 2.91. The van der Waals surface area contributed by atoms with Gasteiger partial charge in [0.25, 0.3) is 21.6 Å². The van der Waals surface area contributed by atoms with Crippen LogP contribution in [0, 0.1) is 10.1 Å². The second-order valence-electron chi connectivity index (χ2n) is 7.40. The van der Waals surface area contributed by atoms with Crippen molar-refractivity contribution in [2.24, 2.45) is 5.10 Å². The standard InChI is InChI=1S/C25H24N4O7S/c1-3-14-36-23-13-12-19(15-24(23)35-2)17-26-27-25(30)18-28(20-8-7-9-21(16-20)29(31)32)37(33,34)22-10-5-4-6-11-22/h3-13,15-17H,1,14,18H2,2H3,(H,27,30)/b26-17-. The molecule has 0 aromatic heterocycles. The molecule has 192 valence electrons. The second kappa shape index (κ2) is 12.3. The Kier molecular flexibility index (Phi) is 8.95. The number of hydrazone groups is 1. The number of methoxy groups -OCH3 is 1. The van der Waals surface area contributed by atoms with Gasteiger partial charge in [-0.15, -0.1) is 0 Å². The quantitative estimate of drug-likeness (QED) is 0.165. The van der Waals surface area contributed by atoms with Gasteiger partial charge in [-0.2, -0.15) is 5.10 Å². The summed E-state index contributed by atoms with van der Waals surface area (Å²) in [4.78, 5) is 23.2. The molecule has 3 aromatic carbocycles. The fourth-order valence-corrected chi connectivity index (χ4v) is 4.61. The topological polar surface area (TPSA) is 140 Å². The van der Waals surface area contributed by atoms with Crippen LogP contribution in [0.25, 0.3) is 0 Å². The summed E-state index contributed by atoms with van der Waals surface area (Å²) < 4.78 is 38.2. The normalized spacial score (nSPS) is 11.1. The Bertz CT molecular complexity index is 1410. The molecule has 3 rings (SSSR count). The number of nitrogens with one attached hydrogen (secondary N) is 1. The van der Waals surface area contributed by atoms with Gasteiger partial charge in [0.2, 0.25) is 0 Å². The Morgan fingerprint density at radius 1 is 1.11 bits per heavy atom. The third-order valence-corrected chi connectivity index (χ3v) is 6.68. The summed E-state index contributed by atoms with van der Waals surface area (Å²) in [7, 11) is -2.75. The minimum Gasteiger partial charge on any atom is -0.493 e. The molecule has 0 atom stereocenters. The highest BCUT2D eigenvalue weighted by Crippen LogP contribution is 2.28. The van der Waals surface area contributed by atoms with Crippen molar-refractivity contribution >= 4 is 33.5 Å². The van der Waals surface area contributed by atoms with Crippen LogP contribution < -0.4 is 19.2 Å². The Morgan fingerprint density at radius 3 is 2.54 bits per heavy atom. The first-order valence-corrected chi connectivity index (χ1v) is 12.3. The van der Waals surface area contributed by atoms with Gasteiger partial charge in [0.15, 0.2) is 11.5 Å². The van der Waals surface area contributed by atoms with Crippen molar-refractivity contribution in [3.05, 3.63) is 101 Å². The zero-order valence-electron chi connectivity index (χ0n) is 19.8. The summed E-state index contributed by atoms with van der Waals surface area (Å²) in [5, 5.41) is 15.1. The van der Waals surface area contributed by atoms with E-state index < -0.39 is 27.4 Å². The van der Waals surface area contributed by atoms with E-state index >= 15 is 0 Å². The summed E-state index contributed by atoms with van der Waals surface area (Å²) in [6.07, 6.45) is 2.94. The van der Waals surface area contributed by atoms with E-state index in [2.05, 4.69) is 17.1 Å². The van der Waals surface area contributed by atoms with E-state index in [0.29, 0.717) is 23.7 Å². The number of amides is 1. The number of nitro groups is 1. The van der Waals surface area contributed by atoms with Crippen molar-refractivity contribution < 1.29 is 27.6 Å². The number of carbonyl (C=O) groups excluding carboxylic acids is 1. The Balaban J connectivity index is 1.82. The molecule has 0 radical (unpaired) electrons. The second-order valence-corrected chi connectivity index (χ2v) is 9.27. The summed E-state index contributed by atoms with van der Waals surface area (Å²) in [6.45, 7) is 3.22. The molecule has 0 spiro atoms. The molecule has 11 nitrogen and oxygen atoms in total. The lowest BCUT2D eigenvalue weighted by atomic mass is 10.2. The first kappa shape index (κ1) is 26.9. The number of sulfonamides is 1. The third-order valence-electron chi connectivity index (χ3n) is 4.89. The first-order chi connectivity index (χ1) is 17.8. The van der Waals surface area contributed by atoms with Gasteiger partial charge < -0.3 is 9.47 Å². The monoisotopic (exact) mass is 524 g/mol. The van der Waals surface area contributed by atoms with Crippen LogP contribution in [0.3, 0.4) is 0 Å². The number of hydrogen-bond acceptors (Lipinski definition) is 8. The van der Waals surface area contributed by atoms with Gasteiger partial charge in [0.1, 0.15) is 13.2 Å². The lowest BCUT2D eigenvalue weighted by molar-refractivity contribution is -0.384. The maximum absolute atomic E-state index is 13.3. The van der Waals surface area contributed by atoms with Crippen LogP contribution in [-0.4, -0.2) is 45.7 Å². The minimum atomic E-state index is -4.23. The van der Waals surface area contributed by atoms with Crippen LogP contribution >= 0.6 is 0 Å². The van der Waals surface area contributed by atoms with Gasteiger partial charge in [-0.1, -0.05) is 36.9 Å². The van der Waals surface area contributed by atoms with Crippen molar-refractivity contribution in [2.45, 2.75) is 4.90 Å². The van der Waals surface area contributed by atoms with E-state index in [0.717, 1.165) is 10.4 Å². The van der Waals surface area contributed by atoms with Crippen LogP contribution in [0.2, 0.25) is 0 Å². The maximum atomic E-state index is 13.3. The lowest BCUT2D eigenvalue weighted by Crippen LogP contribution is -2.39. The number of rotatable bonds is 12. The number of benzene rings is 3. The van der Waals surface area contributed by atoms with Gasteiger partial charge in [0, 0.05) is 12.1 Å². The predicted molar refractivity (Wildman–Crippen MR) is 138 cm³/mol. The van der Waals surface area contributed by atoms with E-state index in [-0.39, 0.29) is 16.3 Å². The van der Waals surface area contributed by atoms with Gasteiger partial charge >= 0.3 is 0 Å². The summed E-state index contributed by atoms with van der Waals surface area (Å²) in [6, 6.07) is 17.5. The zero-order valence-corrected chi connectivity index (χ0v) is 20.6. The average molecular weight is 525 g/mol. The van der Waals surface area contributed by atoms with Gasteiger partial charge in [-0.3, -0.25) is 19.2 Å². The molecule has 0 heterocycles. The van der Waals surface area contributed by atoms with Crippen molar-refractivity contribution in [3.8, 4) is 11.5 Å². The van der Waals surface area contributed by atoms with Crippen molar-refractivity contribution in [2.75, 3.05) is 24.6 Å². The summed E-state index contributed by atoms with van der Waals surface area (Å²) in [5.74, 6) is 0.186. The van der Waals surface area contributed by atoms with Crippen molar-refractivity contribution in [1.29, 1.82) is 0 Å². The number of nitrogens with zero attached hydrogens (tertiary/aromatic N) is 3. The molecule has 0 aliphatic rings. The van der Waals surface area contributed by atoms with E-state index in [1.807, 2.05) is 0 Å². The Labute approximate surface area is 213 Å². The predicted octanol–water partition coefficient (Wildman–Crippen LogP) is 3.51. The molecular formula is C25H24N4O7S. The van der Waals surface area contributed by atoms with Crippen molar-refractivity contribution in [3.63, 3.8) is 0 Å². The van der Waals surface area contributed by atoms with Crippen LogP contribution in [-0.2, 0) is 14.8 Å². The fourth-order valence-electron chi connectivity index (χ4n) is 3.17. The number of non-ortho nitro benzene ring substituents is 1. The van der Waals surface area contributed by atoms with Gasteiger partial charge in [-0.05, 0) is 42.0 Å². The molecule has 0 bridgehead atoms. The third kappa shape index (κ3) is 6.92. The molecule has 3 aromatic rings. The molecule has 12 heteroatoms. The molecule has 0 saturated heterocycles. The molecule has 0 aliphatic carbocycles. The van der Waals surface area contributed by atoms with Crippen LogP contribution in [0.5, 0.6) is 11.5 Å². The first-order valence-electron chi connectivity index (χ1n) is 10.8. The number of nitro benzene ring substituents is 1. The van der Waals surface area contributed by atoms with Crippen LogP contribution in [0.15, 0.2) is 95.4 Å². The molecule has 0 aliphatic heterocycles. The fraction of sp³-hybridized carbons (Fsp3) is 0.120. The number of hydrogen-bond donors (Lipinski definition) is 1. The van der Waals surface area contributed by atoms with E-state index in [9.17, 15) is 23.3 Å². The Morgan fingerprint density at radius 2 is 1.86 bits per heavy atom. The minimum absolute atomic E-state index is 0.0444. The summed E-state index contributed by atoms with van der Waals surface area (Å²) >= 11 is 0. The number of anilines is 1. The number of ether oxygens (including phenoxy) is 2. The molecule has 37 heavy (non-hydrogen) atoms. The molecule has 0 unspecified atom stereocenters. The van der Waals surface area contributed by atoms with Crippen molar-refractivity contribution in [1.82, 2.24) is 5.43 Å². The van der Waals surface area contributed by atoms with Crippen LogP contribution in [0.4, 0.5) is 11.4 Å². The molecule has 1 amide bonds. The van der Waals surface area contributed by atoms with Gasteiger partial charge in [-0.25, -0.2) is 13.8 Å². The maximum Gasteiger partial charge on any atom is 0.271 e. The molecule has 1 N–H and O–H groups in total. The summed E-state index contributed by atoms with van der Waals surface area (Å²) in [5.41, 5.74) is 2.50. The molecular weight excluding hydrogens is 500 g/mol. The highest BCUT2D eigenvalue weighted by molar-refractivity contribution is 7.92. The van der Waals surface area contributed by atoms with Gasteiger partial charge in [0.05, 0.1) is 28.8 Å². The Hall–Kier alpha value is -4.71. The lowest BCUT2D eigenvalue weighted by Gasteiger charge is -2.23. The molecule has 0 saturated carbocycles. The SMILES string of the molecule is C=CCOc1ccc(/C=N\NC(=O)CN(c2cccc([N+](=O)[O-])c2)S(=O)(=O)c2ccccc2)cc1OC. The van der Waals surface area contributed by atoms with E-state index in [1.165, 1.54) is 55.8 Å². The highest BCUT2D eigenvalue weighted by atomic mass is 32.2. The smallest absolute Gasteiger partial charge is 0.271 e. The zero-order chi connectivity index (χ0) is 26.8.